The van der Waals surface area contributed by atoms with Crippen molar-refractivity contribution in [2.75, 3.05) is 26.2 Å². The van der Waals surface area contributed by atoms with Crippen LogP contribution in [0.4, 0.5) is 4.79 Å². The van der Waals surface area contributed by atoms with E-state index in [1.807, 2.05) is 4.90 Å². The fourth-order valence-electron chi connectivity index (χ4n) is 2.97. The zero-order chi connectivity index (χ0) is 12.3. The zero-order valence-corrected chi connectivity index (χ0v) is 11.1. The molecular weight excluding hydrogens is 214 g/mol. The van der Waals surface area contributed by atoms with Gasteiger partial charge in [0.05, 0.1) is 0 Å². The molecule has 4 nitrogen and oxygen atoms in total. The van der Waals surface area contributed by atoms with Crippen molar-refractivity contribution in [1.82, 2.24) is 15.1 Å². The summed E-state index contributed by atoms with van der Waals surface area (Å²) in [6.07, 6.45) is 4.90. The van der Waals surface area contributed by atoms with Crippen LogP contribution in [0.5, 0.6) is 0 Å². The molecule has 2 unspecified atom stereocenters. The number of nitrogens with zero attached hydrogens (tertiary/aromatic N) is 2. The van der Waals surface area contributed by atoms with Gasteiger partial charge in [-0.25, -0.2) is 4.79 Å². The van der Waals surface area contributed by atoms with E-state index in [0.29, 0.717) is 12.1 Å². The number of hydrogen-bond donors (Lipinski definition) is 1. The van der Waals surface area contributed by atoms with Crippen LogP contribution in [0.15, 0.2) is 0 Å². The first-order chi connectivity index (χ1) is 8.22. The van der Waals surface area contributed by atoms with Gasteiger partial charge in [0.1, 0.15) is 0 Å². The molecule has 0 spiro atoms. The highest BCUT2D eigenvalue weighted by Gasteiger charge is 2.34. The third-order valence-corrected chi connectivity index (χ3v) is 3.97. The summed E-state index contributed by atoms with van der Waals surface area (Å²) in [6, 6.07) is 1.08. The summed E-state index contributed by atoms with van der Waals surface area (Å²) < 4.78 is 0. The van der Waals surface area contributed by atoms with Crippen molar-refractivity contribution in [1.29, 1.82) is 0 Å². The molecular formula is C13H25N3O. The smallest absolute Gasteiger partial charge is 0.317 e. The van der Waals surface area contributed by atoms with Gasteiger partial charge in [0.25, 0.3) is 0 Å². The molecule has 2 heterocycles. The lowest BCUT2D eigenvalue weighted by Crippen LogP contribution is -2.61. The summed E-state index contributed by atoms with van der Waals surface area (Å²) in [4.78, 5) is 16.6. The van der Waals surface area contributed by atoms with Crippen molar-refractivity contribution >= 4 is 6.03 Å². The highest BCUT2D eigenvalue weighted by atomic mass is 16.2. The van der Waals surface area contributed by atoms with Gasteiger partial charge >= 0.3 is 6.03 Å². The predicted molar refractivity (Wildman–Crippen MR) is 69.1 cm³/mol. The second-order valence-electron chi connectivity index (χ2n) is 5.38. The molecule has 0 saturated carbocycles. The topological polar surface area (TPSA) is 35.6 Å². The van der Waals surface area contributed by atoms with Crippen LogP contribution in [0.1, 0.15) is 39.5 Å². The van der Waals surface area contributed by atoms with E-state index in [9.17, 15) is 4.79 Å². The van der Waals surface area contributed by atoms with E-state index in [0.717, 1.165) is 26.1 Å². The number of amides is 2. The van der Waals surface area contributed by atoms with E-state index in [1.54, 1.807) is 0 Å². The minimum absolute atomic E-state index is 0.129. The van der Waals surface area contributed by atoms with Crippen molar-refractivity contribution in [2.24, 2.45) is 0 Å². The van der Waals surface area contributed by atoms with Crippen LogP contribution in [0.25, 0.3) is 0 Å². The molecule has 98 valence electrons. The summed E-state index contributed by atoms with van der Waals surface area (Å²) in [7, 11) is 0. The molecule has 2 rings (SSSR count). The highest BCUT2D eigenvalue weighted by molar-refractivity contribution is 5.74. The molecule has 0 aromatic heterocycles. The number of carbonyl (C=O) groups excluding carboxylic acids is 1. The molecule has 0 bridgehead atoms. The Kier molecular flexibility index (Phi) is 4.26. The maximum absolute atomic E-state index is 12.0. The van der Waals surface area contributed by atoms with Crippen LogP contribution in [0, 0.1) is 0 Å². The van der Waals surface area contributed by atoms with Gasteiger partial charge in [-0.15, -0.1) is 0 Å². The normalized spacial score (nSPS) is 29.9. The van der Waals surface area contributed by atoms with Gasteiger partial charge in [-0.05, 0) is 32.7 Å². The maximum Gasteiger partial charge on any atom is 0.317 e. The van der Waals surface area contributed by atoms with Gasteiger partial charge in [-0.2, -0.15) is 0 Å². The Hall–Kier alpha value is -0.770. The van der Waals surface area contributed by atoms with E-state index in [2.05, 4.69) is 24.1 Å². The van der Waals surface area contributed by atoms with Crippen molar-refractivity contribution in [3.05, 3.63) is 0 Å². The van der Waals surface area contributed by atoms with Gasteiger partial charge < -0.3 is 10.2 Å². The van der Waals surface area contributed by atoms with Gasteiger partial charge in [0, 0.05) is 31.7 Å². The fourth-order valence-corrected chi connectivity index (χ4v) is 2.97. The molecule has 2 aliphatic heterocycles. The van der Waals surface area contributed by atoms with Gasteiger partial charge in [0.2, 0.25) is 0 Å². The van der Waals surface area contributed by atoms with E-state index >= 15 is 0 Å². The largest absolute Gasteiger partial charge is 0.338 e. The Morgan fingerprint density at radius 3 is 2.94 bits per heavy atom. The Morgan fingerprint density at radius 2 is 2.18 bits per heavy atom. The minimum Gasteiger partial charge on any atom is -0.338 e. The number of hydrogen-bond acceptors (Lipinski definition) is 2. The molecule has 2 fully saturated rings. The minimum atomic E-state index is 0.129. The molecule has 0 aromatic rings. The lowest BCUT2D eigenvalue weighted by Gasteiger charge is -2.47. The third kappa shape index (κ3) is 2.92. The van der Waals surface area contributed by atoms with Crippen LogP contribution in [0.2, 0.25) is 0 Å². The standard InChI is InChI=1S/C13H25N3O/c1-3-7-14-13(17)16-10-12-6-4-5-8-15(12)9-11(16)2/h11-12H,3-10H2,1-2H3,(H,14,17). The molecule has 17 heavy (non-hydrogen) atoms. The summed E-state index contributed by atoms with van der Waals surface area (Å²) in [5.41, 5.74) is 0. The number of nitrogens with one attached hydrogen (secondary N) is 1. The van der Waals surface area contributed by atoms with Crippen LogP contribution in [-0.4, -0.2) is 54.1 Å². The molecule has 1 N–H and O–H groups in total. The van der Waals surface area contributed by atoms with Gasteiger partial charge in [-0.1, -0.05) is 13.3 Å². The maximum atomic E-state index is 12.0. The van der Waals surface area contributed by atoms with Gasteiger partial charge in [-0.3, -0.25) is 4.90 Å². The molecule has 4 heteroatoms. The van der Waals surface area contributed by atoms with Gasteiger partial charge in [0.15, 0.2) is 0 Å². The quantitative estimate of drug-likeness (QED) is 0.795. The van der Waals surface area contributed by atoms with Crippen LogP contribution >= 0.6 is 0 Å². The number of fused-ring (bicyclic) bond motifs is 1. The fraction of sp³-hybridized carbons (Fsp3) is 0.923. The summed E-state index contributed by atoms with van der Waals surface area (Å²) >= 11 is 0. The summed E-state index contributed by atoms with van der Waals surface area (Å²) in [6.45, 7) is 8.22. The highest BCUT2D eigenvalue weighted by Crippen LogP contribution is 2.23. The lowest BCUT2D eigenvalue weighted by molar-refractivity contribution is 0.0347. The van der Waals surface area contributed by atoms with Crippen LogP contribution < -0.4 is 5.32 Å². The Balaban J connectivity index is 1.92. The van der Waals surface area contributed by atoms with Crippen molar-refractivity contribution in [3.8, 4) is 0 Å². The monoisotopic (exact) mass is 239 g/mol. The summed E-state index contributed by atoms with van der Waals surface area (Å²) in [5, 5.41) is 3.00. The number of carbonyl (C=O) groups is 1. The van der Waals surface area contributed by atoms with Crippen LogP contribution in [-0.2, 0) is 0 Å². The average Bonchev–Trinajstić information content (AvgIpc) is 2.35. The molecule has 0 aliphatic carbocycles. The molecule has 0 radical (unpaired) electrons. The third-order valence-electron chi connectivity index (χ3n) is 3.97. The number of rotatable bonds is 2. The molecule has 0 aromatic carbocycles. The second kappa shape index (κ2) is 5.71. The Morgan fingerprint density at radius 1 is 1.35 bits per heavy atom. The van der Waals surface area contributed by atoms with E-state index in [4.69, 9.17) is 0 Å². The first-order valence-corrected chi connectivity index (χ1v) is 7.01. The summed E-state index contributed by atoms with van der Waals surface area (Å²) in [5.74, 6) is 0. The predicted octanol–water partition coefficient (Wildman–Crippen LogP) is 1.66. The molecule has 2 saturated heterocycles. The number of piperidine rings is 1. The Labute approximate surface area is 104 Å². The first kappa shape index (κ1) is 12.7. The molecule has 2 aliphatic rings. The number of piperazine rings is 1. The van der Waals surface area contributed by atoms with Crippen molar-refractivity contribution in [3.63, 3.8) is 0 Å². The second-order valence-corrected chi connectivity index (χ2v) is 5.38. The van der Waals surface area contributed by atoms with Crippen molar-refractivity contribution < 1.29 is 4.79 Å². The van der Waals surface area contributed by atoms with Crippen molar-refractivity contribution in [2.45, 2.75) is 51.6 Å². The molecule has 2 atom stereocenters. The zero-order valence-electron chi connectivity index (χ0n) is 11.1. The van der Waals surface area contributed by atoms with E-state index in [1.165, 1.54) is 25.8 Å². The molecule has 2 amide bonds. The van der Waals surface area contributed by atoms with E-state index < -0.39 is 0 Å². The first-order valence-electron chi connectivity index (χ1n) is 7.01. The Bertz CT molecular complexity index is 269. The van der Waals surface area contributed by atoms with Crippen LogP contribution in [0.3, 0.4) is 0 Å². The van der Waals surface area contributed by atoms with E-state index in [-0.39, 0.29) is 6.03 Å². The lowest BCUT2D eigenvalue weighted by atomic mass is 9.97. The average molecular weight is 239 g/mol. The number of urea groups is 1. The SMILES string of the molecule is CCCNC(=O)N1CC2CCCCN2CC1C.